The fourth-order valence-corrected chi connectivity index (χ4v) is 1.42. The van der Waals surface area contributed by atoms with Crippen LogP contribution < -0.4 is 0 Å². The lowest BCUT2D eigenvalue weighted by molar-refractivity contribution is 0.475. The second-order valence-corrected chi connectivity index (χ2v) is 3.17. The smallest absolute Gasteiger partial charge is 0.159 e. The summed E-state index contributed by atoms with van der Waals surface area (Å²) in [4.78, 5) is 0. The third-order valence-corrected chi connectivity index (χ3v) is 2.12. The Balaban J connectivity index is 2.66. The highest BCUT2D eigenvalue weighted by atomic mass is 19.2. The monoisotopic (exact) mass is 186 g/mol. The third kappa shape index (κ3) is 1.58. The van der Waals surface area contributed by atoms with Crippen molar-refractivity contribution in [2.24, 2.45) is 5.92 Å². The number of fused-ring (bicyclic) bond motifs is 1. The Hall–Kier alpha value is -0.920. The first-order valence-corrected chi connectivity index (χ1v) is 4.14. The Bertz CT molecular complexity index is 471. The molecule has 0 N–H and O–H groups in total. The normalized spacial score (nSPS) is 33.6. The first-order chi connectivity index (χ1) is 7.66. The minimum Gasteiger partial charge on any atom is -0.204 e. The van der Waals surface area contributed by atoms with Gasteiger partial charge in [-0.15, -0.1) is 0 Å². The van der Waals surface area contributed by atoms with Gasteiger partial charge in [0.25, 0.3) is 0 Å². The lowest BCUT2D eigenvalue weighted by Gasteiger charge is -2.21. The molecule has 2 heteroatoms. The van der Waals surface area contributed by atoms with Crippen molar-refractivity contribution in [3.8, 4) is 0 Å². The Morgan fingerprint density at radius 1 is 1.31 bits per heavy atom. The van der Waals surface area contributed by atoms with Crippen LogP contribution in [0.4, 0.5) is 8.78 Å². The largest absolute Gasteiger partial charge is 0.204 e. The molecule has 1 aromatic carbocycles. The summed E-state index contributed by atoms with van der Waals surface area (Å²) in [5.74, 6) is -3.07. The molecular weight excluding hydrogens is 170 g/mol. The maximum Gasteiger partial charge on any atom is 0.159 e. The second-order valence-electron chi connectivity index (χ2n) is 3.17. The summed E-state index contributed by atoms with van der Waals surface area (Å²) in [5, 5.41) is 0. The van der Waals surface area contributed by atoms with Crippen LogP contribution in [-0.4, -0.2) is 0 Å². The summed E-state index contributed by atoms with van der Waals surface area (Å²) in [6.45, 7) is 1.45. The highest BCUT2D eigenvalue weighted by Gasteiger charge is 2.17. The predicted octanol–water partition coefficient (Wildman–Crippen LogP) is 3.09. The molecule has 1 unspecified atom stereocenters. The quantitative estimate of drug-likeness (QED) is 0.584. The van der Waals surface area contributed by atoms with E-state index in [0.29, 0.717) is 0 Å². The van der Waals surface area contributed by atoms with E-state index in [0.717, 1.165) is 12.1 Å². The van der Waals surface area contributed by atoms with E-state index in [9.17, 15) is 8.78 Å². The fourth-order valence-electron chi connectivity index (χ4n) is 1.42. The maximum absolute atomic E-state index is 13.1. The van der Waals surface area contributed by atoms with Gasteiger partial charge in [-0.1, -0.05) is 6.92 Å². The Kier molecular flexibility index (Phi) is 1.21. The van der Waals surface area contributed by atoms with Gasteiger partial charge in [-0.25, -0.2) is 8.78 Å². The second kappa shape index (κ2) is 3.09. The van der Waals surface area contributed by atoms with Crippen molar-refractivity contribution in [3.05, 3.63) is 34.9 Å². The first kappa shape index (κ1) is 5.08. The van der Waals surface area contributed by atoms with Crippen LogP contribution in [0.1, 0.15) is 29.9 Å². The number of benzene rings is 1. The van der Waals surface area contributed by atoms with Gasteiger partial charge >= 0.3 is 0 Å². The predicted molar refractivity (Wildman–Crippen MR) is 47.5 cm³/mol. The number of halogens is 2. The average molecular weight is 186 g/mol. The van der Waals surface area contributed by atoms with Crippen molar-refractivity contribution in [1.29, 1.82) is 0 Å². The highest BCUT2D eigenvalue weighted by molar-refractivity contribution is 5.31. The van der Waals surface area contributed by atoms with Gasteiger partial charge < -0.3 is 0 Å². The summed E-state index contributed by atoms with van der Waals surface area (Å²) < 4.78 is 57.5. The van der Waals surface area contributed by atoms with Gasteiger partial charge in [-0.05, 0) is 48.3 Å². The number of aryl methyl sites for hydroxylation is 1. The zero-order valence-electron chi connectivity index (χ0n) is 11.2. The molecule has 2 rings (SSSR count). The van der Waals surface area contributed by atoms with Gasteiger partial charge in [0.05, 0.1) is 0 Å². The standard InChI is InChI=1S/C11H12F2/c1-7-2-3-8-5-10(12)11(13)6-9(8)4-7/h5-7H,2-4H2,1H3/i2D2,4D2. The van der Waals surface area contributed by atoms with Crippen LogP contribution in [0.5, 0.6) is 0 Å². The fraction of sp³-hybridized carbons (Fsp3) is 0.455. The molecule has 0 fully saturated rings. The molecule has 1 atom stereocenters. The van der Waals surface area contributed by atoms with E-state index in [1.165, 1.54) is 6.92 Å². The van der Waals surface area contributed by atoms with Crippen LogP contribution in [0.15, 0.2) is 12.1 Å². The molecule has 0 aliphatic heterocycles. The highest BCUT2D eigenvalue weighted by Crippen LogP contribution is 2.26. The SMILES string of the molecule is [2H]C1([2H])Cc2cc(F)c(F)cc2C([2H])([2H])C1C. The molecule has 1 aromatic rings. The molecule has 0 saturated carbocycles. The van der Waals surface area contributed by atoms with Crippen molar-refractivity contribution < 1.29 is 14.3 Å². The van der Waals surface area contributed by atoms with Crippen LogP contribution in [0, 0.1) is 17.6 Å². The summed E-state index contributed by atoms with van der Waals surface area (Å²) in [7, 11) is 0. The third-order valence-electron chi connectivity index (χ3n) is 2.12. The molecule has 0 spiro atoms. The molecule has 0 aromatic heterocycles. The van der Waals surface area contributed by atoms with E-state index in [-0.39, 0.29) is 17.5 Å². The van der Waals surface area contributed by atoms with E-state index in [4.69, 9.17) is 5.48 Å². The minimum atomic E-state index is -1.99. The number of hydrogen-bond donors (Lipinski definition) is 0. The van der Waals surface area contributed by atoms with Crippen LogP contribution >= 0.6 is 0 Å². The molecule has 0 radical (unpaired) electrons. The maximum atomic E-state index is 13.1. The van der Waals surface area contributed by atoms with Crippen LogP contribution in [-0.2, 0) is 12.8 Å². The average Bonchev–Trinajstić information content (AvgIpc) is 2.19. The summed E-state index contributed by atoms with van der Waals surface area (Å²) >= 11 is 0. The summed E-state index contributed by atoms with van der Waals surface area (Å²) in [5.41, 5.74) is 0.260. The Morgan fingerprint density at radius 2 is 1.92 bits per heavy atom. The molecule has 0 nitrogen and oxygen atoms in total. The zero-order valence-corrected chi connectivity index (χ0v) is 7.20. The molecule has 13 heavy (non-hydrogen) atoms. The van der Waals surface area contributed by atoms with Crippen molar-refractivity contribution in [1.82, 2.24) is 0 Å². The molecule has 70 valence electrons. The summed E-state index contributed by atoms with van der Waals surface area (Å²) in [6, 6.07) is 1.74. The number of rotatable bonds is 0. The van der Waals surface area contributed by atoms with Crippen molar-refractivity contribution >= 4 is 0 Å². The molecule has 1 aliphatic carbocycles. The lowest BCUT2D eigenvalue weighted by Crippen LogP contribution is -2.12. The van der Waals surface area contributed by atoms with Crippen LogP contribution in [0.25, 0.3) is 0 Å². The topological polar surface area (TPSA) is 0 Å². The van der Waals surface area contributed by atoms with Crippen molar-refractivity contribution in [3.63, 3.8) is 0 Å². The molecule has 0 heterocycles. The van der Waals surface area contributed by atoms with Gasteiger partial charge in [0, 0.05) is 5.48 Å². The van der Waals surface area contributed by atoms with Crippen molar-refractivity contribution in [2.75, 3.05) is 0 Å². The Morgan fingerprint density at radius 3 is 2.62 bits per heavy atom. The van der Waals surface area contributed by atoms with Gasteiger partial charge in [0.1, 0.15) is 0 Å². The van der Waals surface area contributed by atoms with Gasteiger partial charge in [-0.2, -0.15) is 0 Å². The number of hydrogen-bond acceptors (Lipinski definition) is 0. The molecular formula is C11H12F2. The summed E-state index contributed by atoms with van der Waals surface area (Å²) in [6.07, 6.45) is -3.85. The van der Waals surface area contributed by atoms with Gasteiger partial charge in [0.2, 0.25) is 0 Å². The van der Waals surface area contributed by atoms with E-state index < -0.39 is 30.3 Å². The molecule has 0 amide bonds. The lowest BCUT2D eigenvalue weighted by atomic mass is 9.85. The zero-order chi connectivity index (χ0) is 13.0. The van der Waals surface area contributed by atoms with Crippen LogP contribution in [0.3, 0.4) is 0 Å². The molecule has 0 bridgehead atoms. The van der Waals surface area contributed by atoms with E-state index in [1.807, 2.05) is 0 Å². The van der Waals surface area contributed by atoms with E-state index in [2.05, 4.69) is 0 Å². The van der Waals surface area contributed by atoms with E-state index in [1.54, 1.807) is 0 Å². The van der Waals surface area contributed by atoms with E-state index >= 15 is 0 Å². The van der Waals surface area contributed by atoms with Crippen molar-refractivity contribution in [2.45, 2.75) is 26.1 Å². The molecule has 0 saturated heterocycles. The van der Waals surface area contributed by atoms with Gasteiger partial charge in [-0.3, -0.25) is 0 Å². The van der Waals surface area contributed by atoms with Crippen LogP contribution in [0.2, 0.25) is 0 Å². The minimum absolute atomic E-state index is 0.0547. The molecule has 1 aliphatic rings. The van der Waals surface area contributed by atoms with Gasteiger partial charge in [0.15, 0.2) is 11.6 Å². The first-order valence-electron chi connectivity index (χ1n) is 6.14. The Labute approximate surface area is 82.2 Å².